The van der Waals surface area contributed by atoms with Crippen molar-refractivity contribution in [2.75, 3.05) is 52.7 Å². The molecule has 2 N–H and O–H groups in total. The van der Waals surface area contributed by atoms with E-state index in [4.69, 9.17) is 14.2 Å². The SMILES string of the molecule is CCNC(=NCCCOCC1CCOCC1)NCCOc1cccnc1.I. The van der Waals surface area contributed by atoms with Crippen LogP contribution in [0, 0.1) is 5.92 Å². The molecule has 0 aliphatic carbocycles. The monoisotopic (exact) mass is 492 g/mol. The highest BCUT2D eigenvalue weighted by atomic mass is 127. The lowest BCUT2D eigenvalue weighted by atomic mass is 10.0. The molecule has 1 aromatic rings. The topological polar surface area (TPSA) is 77.0 Å². The first-order chi connectivity index (χ1) is 12.9. The van der Waals surface area contributed by atoms with Crippen LogP contribution in [-0.2, 0) is 9.47 Å². The van der Waals surface area contributed by atoms with Crippen molar-refractivity contribution in [1.29, 1.82) is 0 Å². The van der Waals surface area contributed by atoms with Gasteiger partial charge in [-0.1, -0.05) is 0 Å². The summed E-state index contributed by atoms with van der Waals surface area (Å²) in [4.78, 5) is 8.59. The van der Waals surface area contributed by atoms with Gasteiger partial charge in [-0.05, 0) is 44.2 Å². The molecular weight excluding hydrogens is 459 g/mol. The Labute approximate surface area is 179 Å². The molecule has 0 amide bonds. The van der Waals surface area contributed by atoms with Gasteiger partial charge in [-0.15, -0.1) is 24.0 Å². The minimum absolute atomic E-state index is 0. The van der Waals surface area contributed by atoms with Gasteiger partial charge in [0.2, 0.25) is 0 Å². The molecule has 0 aromatic carbocycles. The number of hydrogen-bond donors (Lipinski definition) is 2. The number of rotatable bonds is 11. The van der Waals surface area contributed by atoms with Crippen LogP contribution in [-0.4, -0.2) is 63.6 Å². The Balaban J connectivity index is 0.00000364. The number of pyridine rings is 1. The summed E-state index contributed by atoms with van der Waals surface area (Å²) in [5, 5.41) is 6.51. The second-order valence-corrected chi connectivity index (χ2v) is 6.21. The maximum atomic E-state index is 5.77. The smallest absolute Gasteiger partial charge is 0.191 e. The first kappa shape index (κ1) is 23.9. The van der Waals surface area contributed by atoms with E-state index in [0.29, 0.717) is 19.1 Å². The van der Waals surface area contributed by atoms with E-state index in [2.05, 4.69) is 27.5 Å². The molecular formula is C19H33IN4O3. The van der Waals surface area contributed by atoms with E-state index in [9.17, 15) is 0 Å². The summed E-state index contributed by atoms with van der Waals surface area (Å²) in [7, 11) is 0. The largest absolute Gasteiger partial charge is 0.490 e. The van der Waals surface area contributed by atoms with Crippen LogP contribution in [0.2, 0.25) is 0 Å². The van der Waals surface area contributed by atoms with Crippen LogP contribution in [0.25, 0.3) is 0 Å². The molecule has 8 heteroatoms. The minimum Gasteiger partial charge on any atom is -0.490 e. The van der Waals surface area contributed by atoms with Gasteiger partial charge < -0.3 is 24.8 Å². The molecule has 27 heavy (non-hydrogen) atoms. The van der Waals surface area contributed by atoms with Gasteiger partial charge in [0.25, 0.3) is 0 Å². The molecule has 0 radical (unpaired) electrons. The molecule has 0 atom stereocenters. The number of hydrogen-bond acceptors (Lipinski definition) is 5. The third-order valence-corrected chi connectivity index (χ3v) is 4.05. The van der Waals surface area contributed by atoms with Crippen LogP contribution < -0.4 is 15.4 Å². The fourth-order valence-electron chi connectivity index (χ4n) is 2.63. The standard InChI is InChI=1S/C19H32N4O3.HI/c1-2-21-19(23-10-14-26-18-5-3-8-20-15-18)22-9-4-11-25-16-17-6-12-24-13-7-17;/h3,5,8,15,17H,2,4,6-7,9-14,16H2,1H3,(H2,21,22,23);1H. The molecule has 0 saturated carbocycles. The number of nitrogens with one attached hydrogen (secondary N) is 2. The first-order valence-corrected chi connectivity index (χ1v) is 9.59. The number of halogens is 1. The van der Waals surface area contributed by atoms with Gasteiger partial charge in [0, 0.05) is 45.7 Å². The molecule has 1 aliphatic rings. The highest BCUT2D eigenvalue weighted by molar-refractivity contribution is 14.0. The highest BCUT2D eigenvalue weighted by Gasteiger charge is 2.13. The number of guanidine groups is 1. The molecule has 0 bridgehead atoms. The summed E-state index contributed by atoms with van der Waals surface area (Å²) in [6, 6.07) is 3.76. The van der Waals surface area contributed by atoms with Crippen molar-refractivity contribution < 1.29 is 14.2 Å². The molecule has 0 unspecified atom stereocenters. The van der Waals surface area contributed by atoms with Crippen molar-refractivity contribution in [2.24, 2.45) is 10.9 Å². The van der Waals surface area contributed by atoms with Crippen molar-refractivity contribution >= 4 is 29.9 Å². The predicted molar refractivity (Wildman–Crippen MR) is 118 cm³/mol. The highest BCUT2D eigenvalue weighted by Crippen LogP contribution is 2.14. The van der Waals surface area contributed by atoms with Crippen LogP contribution in [0.3, 0.4) is 0 Å². The van der Waals surface area contributed by atoms with Crippen molar-refractivity contribution in [3.63, 3.8) is 0 Å². The average Bonchev–Trinajstić information content (AvgIpc) is 2.69. The van der Waals surface area contributed by atoms with Crippen LogP contribution in [0.5, 0.6) is 5.75 Å². The van der Waals surface area contributed by atoms with E-state index in [1.54, 1.807) is 12.4 Å². The van der Waals surface area contributed by atoms with Gasteiger partial charge in [-0.25, -0.2) is 0 Å². The lowest BCUT2D eigenvalue weighted by molar-refractivity contribution is 0.0205. The Kier molecular flexibility index (Phi) is 14.1. The van der Waals surface area contributed by atoms with Crippen molar-refractivity contribution in [2.45, 2.75) is 26.2 Å². The summed E-state index contributed by atoms with van der Waals surface area (Å²) < 4.78 is 16.7. The van der Waals surface area contributed by atoms with E-state index >= 15 is 0 Å². The third-order valence-electron chi connectivity index (χ3n) is 4.05. The molecule has 1 saturated heterocycles. The zero-order valence-electron chi connectivity index (χ0n) is 16.2. The number of ether oxygens (including phenoxy) is 3. The maximum Gasteiger partial charge on any atom is 0.191 e. The third kappa shape index (κ3) is 11.3. The van der Waals surface area contributed by atoms with Gasteiger partial charge in [0.05, 0.1) is 12.7 Å². The maximum absolute atomic E-state index is 5.77. The Morgan fingerprint density at radius 1 is 1.30 bits per heavy atom. The molecule has 2 rings (SSSR count). The Morgan fingerprint density at radius 2 is 2.15 bits per heavy atom. The quantitative estimate of drug-likeness (QED) is 0.214. The van der Waals surface area contributed by atoms with Gasteiger partial charge in [0.15, 0.2) is 5.96 Å². The lowest BCUT2D eigenvalue weighted by Crippen LogP contribution is -2.39. The second-order valence-electron chi connectivity index (χ2n) is 6.21. The van der Waals surface area contributed by atoms with E-state index in [0.717, 1.165) is 70.5 Å². The molecule has 1 aromatic heterocycles. The summed E-state index contributed by atoms with van der Waals surface area (Å²) in [6.45, 7) is 8.22. The fourth-order valence-corrected chi connectivity index (χ4v) is 2.63. The molecule has 1 fully saturated rings. The van der Waals surface area contributed by atoms with Gasteiger partial charge in [0.1, 0.15) is 12.4 Å². The number of aromatic nitrogens is 1. The van der Waals surface area contributed by atoms with Gasteiger partial charge >= 0.3 is 0 Å². The number of nitrogens with zero attached hydrogens (tertiary/aromatic N) is 2. The summed E-state index contributed by atoms with van der Waals surface area (Å²) in [5.74, 6) is 2.25. The summed E-state index contributed by atoms with van der Waals surface area (Å²) in [6.07, 6.45) is 6.60. The normalized spacial score (nSPS) is 15.1. The zero-order valence-corrected chi connectivity index (χ0v) is 18.5. The minimum atomic E-state index is 0. The van der Waals surface area contributed by atoms with Gasteiger partial charge in [-0.3, -0.25) is 9.98 Å². The zero-order chi connectivity index (χ0) is 18.3. The second kappa shape index (κ2) is 15.9. The Morgan fingerprint density at radius 3 is 2.89 bits per heavy atom. The van der Waals surface area contributed by atoms with Crippen LogP contribution in [0.1, 0.15) is 26.2 Å². The van der Waals surface area contributed by atoms with Crippen LogP contribution in [0.15, 0.2) is 29.5 Å². The summed E-state index contributed by atoms with van der Waals surface area (Å²) in [5.41, 5.74) is 0. The summed E-state index contributed by atoms with van der Waals surface area (Å²) >= 11 is 0. The van der Waals surface area contributed by atoms with Crippen molar-refractivity contribution in [1.82, 2.24) is 15.6 Å². The van der Waals surface area contributed by atoms with Gasteiger partial charge in [-0.2, -0.15) is 0 Å². The molecule has 0 spiro atoms. The molecule has 154 valence electrons. The molecule has 2 heterocycles. The van der Waals surface area contributed by atoms with Crippen LogP contribution in [0.4, 0.5) is 0 Å². The van der Waals surface area contributed by atoms with E-state index in [1.807, 2.05) is 12.1 Å². The fraction of sp³-hybridized carbons (Fsp3) is 0.684. The predicted octanol–water partition coefficient (Wildman–Crippen LogP) is 2.47. The molecule has 7 nitrogen and oxygen atoms in total. The first-order valence-electron chi connectivity index (χ1n) is 9.59. The average molecular weight is 492 g/mol. The Bertz CT molecular complexity index is 499. The van der Waals surface area contributed by atoms with Crippen molar-refractivity contribution in [3.8, 4) is 5.75 Å². The Hall–Kier alpha value is -1.13. The number of aliphatic imine (C=N–C) groups is 1. The van der Waals surface area contributed by atoms with Crippen molar-refractivity contribution in [3.05, 3.63) is 24.5 Å². The van der Waals surface area contributed by atoms with Crippen LogP contribution >= 0.6 is 24.0 Å². The van der Waals surface area contributed by atoms with E-state index in [1.165, 1.54) is 0 Å². The molecule has 1 aliphatic heterocycles. The van der Waals surface area contributed by atoms with E-state index < -0.39 is 0 Å². The van der Waals surface area contributed by atoms with E-state index in [-0.39, 0.29) is 24.0 Å². The lowest BCUT2D eigenvalue weighted by Gasteiger charge is -2.21.